The molecule has 1 aliphatic rings. The third-order valence-electron chi connectivity index (χ3n) is 4.90. The van der Waals surface area contributed by atoms with Crippen molar-refractivity contribution >= 4 is 5.91 Å². The first kappa shape index (κ1) is 17.4. The van der Waals surface area contributed by atoms with Crippen LogP contribution in [0.2, 0.25) is 0 Å². The Morgan fingerprint density at radius 3 is 2.70 bits per heavy atom. The second-order valence-electron chi connectivity index (χ2n) is 6.81. The van der Waals surface area contributed by atoms with E-state index in [-0.39, 0.29) is 17.5 Å². The molecule has 0 saturated carbocycles. The van der Waals surface area contributed by atoms with Gasteiger partial charge in [-0.3, -0.25) is 4.79 Å². The van der Waals surface area contributed by atoms with Crippen LogP contribution in [0.25, 0.3) is 11.4 Å². The Morgan fingerprint density at radius 1 is 1.15 bits per heavy atom. The number of rotatable bonds is 3. The maximum absolute atomic E-state index is 14.1. The van der Waals surface area contributed by atoms with Crippen molar-refractivity contribution in [3.05, 3.63) is 71.4 Å². The summed E-state index contributed by atoms with van der Waals surface area (Å²) in [4.78, 5) is 19.1. The SMILES string of the molecule is Cc1ccc(-c2noc(C3CCCCN3C(=O)c3ccccc3F)n2)cc1. The number of carbonyl (C=O) groups excluding carboxylic acids is 1. The van der Waals surface area contributed by atoms with Crippen LogP contribution in [0.3, 0.4) is 0 Å². The average molecular weight is 365 g/mol. The zero-order chi connectivity index (χ0) is 18.8. The van der Waals surface area contributed by atoms with Crippen LogP contribution >= 0.6 is 0 Å². The van der Waals surface area contributed by atoms with Crippen molar-refractivity contribution < 1.29 is 13.7 Å². The van der Waals surface area contributed by atoms with Crippen LogP contribution in [0.15, 0.2) is 53.1 Å². The molecule has 1 aromatic heterocycles. The fraction of sp³-hybridized carbons (Fsp3) is 0.286. The number of hydrogen-bond donors (Lipinski definition) is 0. The maximum atomic E-state index is 14.1. The number of nitrogens with zero attached hydrogens (tertiary/aromatic N) is 3. The minimum atomic E-state index is -0.516. The van der Waals surface area contributed by atoms with Crippen LogP contribution in [-0.4, -0.2) is 27.5 Å². The van der Waals surface area contributed by atoms with E-state index in [1.54, 1.807) is 17.0 Å². The van der Waals surface area contributed by atoms with E-state index in [1.165, 1.54) is 12.1 Å². The van der Waals surface area contributed by atoms with E-state index < -0.39 is 5.82 Å². The van der Waals surface area contributed by atoms with Crippen molar-refractivity contribution in [1.29, 1.82) is 0 Å². The molecule has 5 nitrogen and oxygen atoms in total. The monoisotopic (exact) mass is 365 g/mol. The van der Waals surface area contributed by atoms with Gasteiger partial charge < -0.3 is 9.42 Å². The summed E-state index contributed by atoms with van der Waals surface area (Å²) in [6.07, 6.45) is 2.54. The van der Waals surface area contributed by atoms with Gasteiger partial charge in [0, 0.05) is 12.1 Å². The van der Waals surface area contributed by atoms with Crippen molar-refractivity contribution in [2.45, 2.75) is 32.2 Å². The maximum Gasteiger partial charge on any atom is 0.257 e. The lowest BCUT2D eigenvalue weighted by Crippen LogP contribution is -2.39. The number of aromatic nitrogens is 2. The molecule has 3 aromatic rings. The van der Waals surface area contributed by atoms with Crippen molar-refractivity contribution in [3.8, 4) is 11.4 Å². The zero-order valence-electron chi connectivity index (χ0n) is 15.1. The lowest BCUT2D eigenvalue weighted by atomic mass is 10.0. The summed E-state index contributed by atoms with van der Waals surface area (Å²) in [5.74, 6) is 0.0365. The molecule has 4 rings (SSSR count). The highest BCUT2D eigenvalue weighted by molar-refractivity contribution is 5.94. The van der Waals surface area contributed by atoms with Crippen LogP contribution < -0.4 is 0 Å². The summed E-state index contributed by atoms with van der Waals surface area (Å²) in [5, 5.41) is 4.08. The molecule has 1 aliphatic heterocycles. The number of amides is 1. The number of hydrogen-bond acceptors (Lipinski definition) is 4. The van der Waals surface area contributed by atoms with Crippen LogP contribution in [0.4, 0.5) is 4.39 Å². The predicted octanol–water partition coefficient (Wildman–Crippen LogP) is 4.55. The standard InChI is InChI=1S/C21H20FN3O2/c1-14-9-11-15(12-10-14)19-23-20(27-24-19)18-8-4-5-13-25(18)21(26)16-6-2-3-7-17(16)22/h2-3,6-7,9-12,18H,4-5,8,13H2,1H3. The second-order valence-corrected chi connectivity index (χ2v) is 6.81. The highest BCUT2D eigenvalue weighted by Crippen LogP contribution is 2.32. The zero-order valence-corrected chi connectivity index (χ0v) is 15.1. The van der Waals surface area contributed by atoms with Gasteiger partial charge in [-0.15, -0.1) is 0 Å². The van der Waals surface area contributed by atoms with Gasteiger partial charge in [0.25, 0.3) is 5.91 Å². The van der Waals surface area contributed by atoms with Crippen LogP contribution in [0, 0.1) is 12.7 Å². The molecule has 27 heavy (non-hydrogen) atoms. The van der Waals surface area contributed by atoms with E-state index in [1.807, 2.05) is 31.2 Å². The summed E-state index contributed by atoms with van der Waals surface area (Å²) < 4.78 is 19.6. The molecule has 6 heteroatoms. The number of carbonyl (C=O) groups is 1. The first-order valence-electron chi connectivity index (χ1n) is 9.09. The number of piperidine rings is 1. The molecule has 1 fully saturated rings. The molecule has 1 atom stereocenters. The van der Waals surface area contributed by atoms with Gasteiger partial charge >= 0.3 is 0 Å². The molecule has 0 bridgehead atoms. The summed E-state index contributed by atoms with van der Waals surface area (Å²) in [5.41, 5.74) is 2.08. The Kier molecular flexibility index (Phi) is 4.71. The Balaban J connectivity index is 1.62. The van der Waals surface area contributed by atoms with Gasteiger partial charge in [-0.2, -0.15) is 4.98 Å². The molecule has 0 spiro atoms. The lowest BCUT2D eigenvalue weighted by molar-refractivity contribution is 0.0556. The van der Waals surface area contributed by atoms with Gasteiger partial charge in [-0.25, -0.2) is 4.39 Å². The van der Waals surface area contributed by atoms with Crippen LogP contribution in [-0.2, 0) is 0 Å². The van der Waals surface area contributed by atoms with Gasteiger partial charge in [0.05, 0.1) is 5.56 Å². The van der Waals surface area contributed by atoms with Crippen molar-refractivity contribution in [2.75, 3.05) is 6.54 Å². The first-order valence-corrected chi connectivity index (χ1v) is 9.09. The quantitative estimate of drug-likeness (QED) is 0.683. The molecule has 1 saturated heterocycles. The van der Waals surface area contributed by atoms with Gasteiger partial charge in [0.15, 0.2) is 0 Å². The molecule has 2 aromatic carbocycles. The third kappa shape index (κ3) is 3.47. The molecule has 1 unspecified atom stereocenters. The fourth-order valence-corrected chi connectivity index (χ4v) is 3.41. The minimum Gasteiger partial charge on any atom is -0.337 e. The van der Waals surface area contributed by atoms with Gasteiger partial charge in [0.2, 0.25) is 11.7 Å². The largest absolute Gasteiger partial charge is 0.337 e. The first-order chi connectivity index (χ1) is 13.1. The molecular formula is C21H20FN3O2. The lowest BCUT2D eigenvalue weighted by Gasteiger charge is -2.33. The molecule has 0 N–H and O–H groups in total. The normalized spacial score (nSPS) is 17.1. The van der Waals surface area contributed by atoms with E-state index >= 15 is 0 Å². The van der Waals surface area contributed by atoms with Crippen molar-refractivity contribution in [3.63, 3.8) is 0 Å². The van der Waals surface area contributed by atoms with E-state index in [0.717, 1.165) is 30.4 Å². The Labute approximate surface area is 156 Å². The molecular weight excluding hydrogens is 345 g/mol. The van der Waals surface area contributed by atoms with E-state index in [4.69, 9.17) is 4.52 Å². The topological polar surface area (TPSA) is 59.2 Å². The molecule has 1 amide bonds. The Morgan fingerprint density at radius 2 is 1.93 bits per heavy atom. The van der Waals surface area contributed by atoms with E-state index in [0.29, 0.717) is 18.3 Å². The number of halogens is 1. The molecule has 0 radical (unpaired) electrons. The second kappa shape index (κ2) is 7.31. The third-order valence-corrected chi connectivity index (χ3v) is 4.90. The summed E-state index contributed by atoms with van der Waals surface area (Å²) in [6.45, 7) is 2.56. The number of benzene rings is 2. The van der Waals surface area contributed by atoms with Crippen molar-refractivity contribution in [2.24, 2.45) is 0 Å². The molecule has 138 valence electrons. The van der Waals surface area contributed by atoms with Gasteiger partial charge in [-0.05, 0) is 38.3 Å². The van der Waals surface area contributed by atoms with E-state index in [9.17, 15) is 9.18 Å². The minimum absolute atomic E-state index is 0.0719. The number of aryl methyl sites for hydroxylation is 1. The summed E-state index contributed by atoms with van der Waals surface area (Å²) in [6, 6.07) is 13.6. The smallest absolute Gasteiger partial charge is 0.257 e. The highest BCUT2D eigenvalue weighted by atomic mass is 19.1. The van der Waals surface area contributed by atoms with Crippen LogP contribution in [0.5, 0.6) is 0 Å². The van der Waals surface area contributed by atoms with Crippen molar-refractivity contribution in [1.82, 2.24) is 15.0 Å². The van der Waals surface area contributed by atoms with Gasteiger partial charge in [-0.1, -0.05) is 47.1 Å². The van der Waals surface area contributed by atoms with Gasteiger partial charge in [0.1, 0.15) is 11.9 Å². The fourth-order valence-electron chi connectivity index (χ4n) is 3.41. The summed E-state index contributed by atoms with van der Waals surface area (Å²) in [7, 11) is 0. The molecule has 2 heterocycles. The van der Waals surface area contributed by atoms with E-state index in [2.05, 4.69) is 10.1 Å². The summed E-state index contributed by atoms with van der Waals surface area (Å²) >= 11 is 0. The molecule has 0 aliphatic carbocycles. The number of likely N-dealkylation sites (tertiary alicyclic amines) is 1. The average Bonchev–Trinajstić information content (AvgIpc) is 3.18. The Hall–Kier alpha value is -3.02. The Bertz CT molecular complexity index is 952. The highest BCUT2D eigenvalue weighted by Gasteiger charge is 2.33. The predicted molar refractivity (Wildman–Crippen MR) is 98.5 cm³/mol. The van der Waals surface area contributed by atoms with Crippen LogP contribution in [0.1, 0.15) is 47.1 Å².